The van der Waals surface area contributed by atoms with Crippen molar-refractivity contribution in [3.8, 4) is 0 Å². The van der Waals surface area contributed by atoms with E-state index in [-0.39, 0.29) is 18.2 Å². The van der Waals surface area contributed by atoms with Crippen molar-refractivity contribution in [3.05, 3.63) is 16.6 Å². The number of nitrogens with zero attached hydrogens (tertiary/aromatic N) is 1. The molecule has 1 atom stereocenters. The van der Waals surface area contributed by atoms with Crippen molar-refractivity contribution in [2.45, 2.75) is 45.3 Å². The predicted molar refractivity (Wildman–Crippen MR) is 80.7 cm³/mol. The summed E-state index contributed by atoms with van der Waals surface area (Å²) < 4.78 is 10.2. The minimum absolute atomic E-state index is 0.0952. The van der Waals surface area contributed by atoms with E-state index in [4.69, 9.17) is 9.47 Å². The van der Waals surface area contributed by atoms with Crippen LogP contribution in [0.5, 0.6) is 0 Å². The highest BCUT2D eigenvalue weighted by molar-refractivity contribution is 7.11. The van der Waals surface area contributed by atoms with Crippen molar-refractivity contribution in [2.75, 3.05) is 13.7 Å². The molecule has 0 saturated heterocycles. The number of rotatable bonds is 7. The molecule has 7 heteroatoms. The predicted octanol–water partition coefficient (Wildman–Crippen LogP) is 2.65. The Hall–Kier alpha value is -1.47. The Bertz CT molecular complexity index is 454. The molecule has 0 radical (unpaired) electrons. The summed E-state index contributed by atoms with van der Waals surface area (Å²) in [6.45, 7) is 5.82. The quantitative estimate of drug-likeness (QED) is 0.783. The molecule has 0 aliphatic carbocycles. The lowest BCUT2D eigenvalue weighted by molar-refractivity contribution is 0.0490. The van der Waals surface area contributed by atoms with Crippen molar-refractivity contribution >= 4 is 23.2 Å². The van der Waals surface area contributed by atoms with Crippen molar-refractivity contribution in [3.63, 3.8) is 0 Å². The van der Waals surface area contributed by atoms with E-state index in [1.807, 2.05) is 0 Å². The third-order valence-electron chi connectivity index (χ3n) is 2.49. The monoisotopic (exact) mass is 314 g/mol. The van der Waals surface area contributed by atoms with Crippen LogP contribution in [0.1, 0.15) is 43.4 Å². The fourth-order valence-corrected chi connectivity index (χ4v) is 2.22. The SMILES string of the molecule is COCCC(CC(=O)c1nccs1)NC(=O)OC(C)(C)C. The first kappa shape index (κ1) is 17.6. The lowest BCUT2D eigenvalue weighted by Crippen LogP contribution is -2.40. The van der Waals surface area contributed by atoms with Gasteiger partial charge >= 0.3 is 6.09 Å². The summed E-state index contributed by atoms with van der Waals surface area (Å²) in [5.74, 6) is -0.0952. The van der Waals surface area contributed by atoms with Gasteiger partial charge in [-0.25, -0.2) is 9.78 Å². The third kappa shape index (κ3) is 7.19. The summed E-state index contributed by atoms with van der Waals surface area (Å²) in [6, 6.07) is -0.337. The first-order chi connectivity index (χ1) is 9.81. The second-order valence-corrected chi connectivity index (χ2v) is 6.48. The molecule has 0 fully saturated rings. The average Bonchev–Trinajstić information content (AvgIpc) is 2.87. The lowest BCUT2D eigenvalue weighted by Gasteiger charge is -2.23. The van der Waals surface area contributed by atoms with Crippen molar-refractivity contribution in [1.29, 1.82) is 0 Å². The van der Waals surface area contributed by atoms with Crippen molar-refractivity contribution in [2.24, 2.45) is 0 Å². The number of amides is 1. The van der Waals surface area contributed by atoms with Crippen LogP contribution in [0.2, 0.25) is 0 Å². The van der Waals surface area contributed by atoms with Gasteiger partial charge in [-0.05, 0) is 27.2 Å². The Morgan fingerprint density at radius 1 is 1.43 bits per heavy atom. The Morgan fingerprint density at radius 2 is 2.14 bits per heavy atom. The highest BCUT2D eigenvalue weighted by Gasteiger charge is 2.22. The van der Waals surface area contributed by atoms with Crippen LogP contribution in [0, 0.1) is 0 Å². The maximum atomic E-state index is 12.1. The van der Waals surface area contributed by atoms with Gasteiger partial charge in [-0.1, -0.05) is 0 Å². The van der Waals surface area contributed by atoms with Gasteiger partial charge in [0.1, 0.15) is 5.60 Å². The summed E-state index contributed by atoms with van der Waals surface area (Å²) in [4.78, 5) is 27.8. The Morgan fingerprint density at radius 3 is 2.67 bits per heavy atom. The zero-order valence-corrected chi connectivity index (χ0v) is 13.7. The van der Waals surface area contributed by atoms with Crippen LogP contribution >= 0.6 is 11.3 Å². The first-order valence-corrected chi connectivity index (χ1v) is 7.61. The molecule has 1 N–H and O–H groups in total. The van der Waals surface area contributed by atoms with E-state index in [2.05, 4.69) is 10.3 Å². The second-order valence-electron chi connectivity index (χ2n) is 5.59. The summed E-state index contributed by atoms with van der Waals surface area (Å²) in [5, 5.41) is 4.91. The lowest BCUT2D eigenvalue weighted by atomic mass is 10.1. The highest BCUT2D eigenvalue weighted by atomic mass is 32.1. The van der Waals surface area contributed by atoms with Crippen molar-refractivity contribution < 1.29 is 19.1 Å². The topological polar surface area (TPSA) is 77.5 Å². The molecule has 6 nitrogen and oxygen atoms in total. The van der Waals surface area contributed by atoms with E-state index in [1.165, 1.54) is 11.3 Å². The van der Waals surface area contributed by atoms with Crippen LogP contribution in [0.3, 0.4) is 0 Å². The number of carbonyl (C=O) groups excluding carboxylic acids is 2. The molecule has 0 aliphatic rings. The minimum Gasteiger partial charge on any atom is -0.444 e. The molecular formula is C14H22N2O4S. The summed E-state index contributed by atoms with van der Waals surface area (Å²) in [6.07, 6.45) is 1.77. The van der Waals surface area contributed by atoms with Crippen LogP contribution in [-0.2, 0) is 9.47 Å². The fraction of sp³-hybridized carbons (Fsp3) is 0.643. The molecule has 1 aromatic heterocycles. The van der Waals surface area contributed by atoms with Gasteiger partial charge in [0, 0.05) is 37.8 Å². The van der Waals surface area contributed by atoms with Gasteiger partial charge in [0.25, 0.3) is 0 Å². The second kappa shape index (κ2) is 8.09. The molecule has 1 rings (SSSR count). The average molecular weight is 314 g/mol. The van der Waals surface area contributed by atoms with Crippen molar-refractivity contribution in [1.82, 2.24) is 10.3 Å². The highest BCUT2D eigenvalue weighted by Crippen LogP contribution is 2.12. The number of Topliss-reactive ketones (excluding diaryl/α,β-unsaturated/α-hetero) is 1. The molecule has 118 valence electrons. The number of ketones is 1. The molecule has 1 unspecified atom stereocenters. The number of hydrogen-bond donors (Lipinski definition) is 1. The largest absolute Gasteiger partial charge is 0.444 e. The summed E-state index contributed by atoms with van der Waals surface area (Å²) in [7, 11) is 1.58. The number of hydrogen-bond acceptors (Lipinski definition) is 6. The number of methoxy groups -OCH3 is 1. The van der Waals surface area contributed by atoms with Crippen LogP contribution in [0.25, 0.3) is 0 Å². The number of thiazole rings is 1. The molecule has 0 aliphatic heterocycles. The van der Waals surface area contributed by atoms with E-state index in [0.717, 1.165) is 0 Å². The summed E-state index contributed by atoms with van der Waals surface area (Å²) in [5.41, 5.74) is -0.574. The Labute approximate surface area is 128 Å². The standard InChI is InChI=1S/C14H22N2O4S/c1-14(2,3)20-13(18)16-10(5-7-19-4)9-11(17)12-15-6-8-21-12/h6,8,10H,5,7,9H2,1-4H3,(H,16,18). The van der Waals surface area contributed by atoms with Crippen LogP contribution < -0.4 is 5.32 Å². The van der Waals surface area contributed by atoms with E-state index in [1.54, 1.807) is 39.5 Å². The van der Waals surface area contributed by atoms with E-state index in [9.17, 15) is 9.59 Å². The number of ether oxygens (including phenoxy) is 2. The Balaban J connectivity index is 2.58. The molecule has 1 aromatic rings. The van der Waals surface area contributed by atoms with Gasteiger partial charge in [-0.15, -0.1) is 11.3 Å². The maximum absolute atomic E-state index is 12.1. The van der Waals surface area contributed by atoms with Gasteiger partial charge in [-0.3, -0.25) is 4.79 Å². The fourth-order valence-electron chi connectivity index (χ4n) is 1.63. The van der Waals surface area contributed by atoms with Crippen LogP contribution in [-0.4, -0.2) is 42.2 Å². The normalized spacial score (nSPS) is 12.8. The number of alkyl carbamates (subject to hydrolysis) is 1. The molecule has 0 saturated carbocycles. The van der Waals surface area contributed by atoms with Gasteiger partial charge in [0.2, 0.25) is 0 Å². The third-order valence-corrected chi connectivity index (χ3v) is 3.31. The number of carbonyl (C=O) groups is 2. The Kier molecular flexibility index (Phi) is 6.77. The van der Waals surface area contributed by atoms with Crippen LogP contribution in [0.4, 0.5) is 4.79 Å². The zero-order chi connectivity index (χ0) is 15.9. The van der Waals surface area contributed by atoms with Gasteiger partial charge in [-0.2, -0.15) is 0 Å². The number of nitrogens with one attached hydrogen (secondary N) is 1. The molecule has 0 bridgehead atoms. The van der Waals surface area contributed by atoms with Gasteiger partial charge in [0.05, 0.1) is 0 Å². The molecule has 0 spiro atoms. The molecule has 21 heavy (non-hydrogen) atoms. The molecular weight excluding hydrogens is 292 g/mol. The molecule has 0 aromatic carbocycles. The number of aromatic nitrogens is 1. The van der Waals surface area contributed by atoms with Gasteiger partial charge < -0.3 is 14.8 Å². The molecule has 1 amide bonds. The first-order valence-electron chi connectivity index (χ1n) is 6.73. The summed E-state index contributed by atoms with van der Waals surface area (Å²) >= 11 is 1.29. The minimum atomic E-state index is -0.574. The van der Waals surface area contributed by atoms with Crippen LogP contribution in [0.15, 0.2) is 11.6 Å². The van der Waals surface area contributed by atoms with E-state index in [0.29, 0.717) is 18.0 Å². The smallest absolute Gasteiger partial charge is 0.407 e. The van der Waals surface area contributed by atoms with E-state index < -0.39 is 11.7 Å². The zero-order valence-electron chi connectivity index (χ0n) is 12.8. The van der Waals surface area contributed by atoms with Gasteiger partial charge in [0.15, 0.2) is 10.8 Å². The van der Waals surface area contributed by atoms with E-state index >= 15 is 0 Å². The molecule has 1 heterocycles. The maximum Gasteiger partial charge on any atom is 0.407 e.